The molecule has 0 aromatic heterocycles. The molecule has 9 aliphatic carbocycles. The van der Waals surface area contributed by atoms with E-state index in [1.54, 1.807) is 55.5 Å². The molecule has 8 spiro atoms. The minimum absolute atomic E-state index is 0.00543. The minimum Gasteiger partial charge on any atom is -0.497 e. The molecule has 650 valence electrons. The maximum absolute atomic E-state index is 14.0. The van der Waals surface area contributed by atoms with E-state index in [9.17, 15) is 9.59 Å². The summed E-state index contributed by atoms with van der Waals surface area (Å²) in [5.41, 5.74) is 37.4. The van der Waals surface area contributed by atoms with E-state index in [-0.39, 0.29) is 51.7 Å². The number of rotatable bonds is 17. The molecule has 2 amide bonds. The van der Waals surface area contributed by atoms with Gasteiger partial charge in [-0.25, -0.2) is 39.8 Å². The Morgan fingerprint density at radius 3 is 1.37 bits per heavy atom. The van der Waals surface area contributed by atoms with Crippen LogP contribution in [0.2, 0.25) is 0 Å². The quantitative estimate of drug-likeness (QED) is 0.0617. The highest BCUT2D eigenvalue weighted by Crippen LogP contribution is 2.67. The third-order valence-corrected chi connectivity index (χ3v) is 29.6. The number of hydrogen-bond donors (Lipinski definition) is 4. The van der Waals surface area contributed by atoms with Crippen LogP contribution >= 0.6 is 0 Å². The number of methoxy groups -OCH3 is 5. The van der Waals surface area contributed by atoms with Gasteiger partial charge in [0.25, 0.3) is 11.8 Å². The maximum atomic E-state index is 14.0. The van der Waals surface area contributed by atoms with Gasteiger partial charge in [0.15, 0.2) is 23.0 Å². The molecule has 4 atom stereocenters. The van der Waals surface area contributed by atoms with E-state index in [1.165, 1.54) is 40.7 Å². The lowest BCUT2D eigenvalue weighted by Crippen LogP contribution is -2.53. The molecule has 6 aromatic carbocycles. The number of amides is 2. The molecule has 23 heteroatoms. The second-order valence-corrected chi connectivity index (χ2v) is 36.8. The molecule has 19 rings (SSSR count). The number of ether oxygens (including phenoxy) is 7. The molecule has 5 fully saturated rings. The lowest BCUT2D eigenvalue weighted by atomic mass is 9.61. The summed E-state index contributed by atoms with van der Waals surface area (Å²) in [5, 5.41) is 3.26. The van der Waals surface area contributed by atoms with E-state index in [0.717, 1.165) is 222 Å². The molecule has 4 heterocycles. The van der Waals surface area contributed by atoms with Gasteiger partial charge < -0.3 is 56.1 Å². The SMILES string of the molecule is CCCOC1CCC2(CC1)Cc1ccc(-c3cccc(OC)c3)cc1C21N=C(N)N(C)O1.CCCc1ccc2c(c1)C1(N=C(N)N(C(C)C)C1=O)C1(CCC(OC)CC1)C2.CCOC1CCC2(CC1)Cc1ccc(-c3cccc(OC)c3)cc1C21N=C(N)N(C)O1.COCCN1C(=O)[C@@]2(N=C1N)c1cc(C#CC3CC3)ccc1CC21CCC(OC)CC1. The van der Waals surface area contributed by atoms with Crippen LogP contribution in [0.5, 0.6) is 11.5 Å². The molecule has 6 aromatic rings. The average Bonchev–Trinajstić information content (AvgIpc) is 1.53. The van der Waals surface area contributed by atoms with Crippen LogP contribution in [0, 0.1) is 39.4 Å². The number of nitrogens with two attached hydrogens (primary N) is 4. The molecule has 23 nitrogen and oxygen atoms in total. The number of carbonyl (C=O) groups is 2. The third kappa shape index (κ3) is 14.9. The van der Waals surface area contributed by atoms with Crippen molar-refractivity contribution in [1.82, 2.24) is 19.9 Å². The van der Waals surface area contributed by atoms with Crippen molar-refractivity contribution in [2.75, 3.05) is 76.0 Å². The summed E-state index contributed by atoms with van der Waals surface area (Å²) in [6.07, 6.45) is 26.0. The van der Waals surface area contributed by atoms with Crippen LogP contribution in [0.4, 0.5) is 0 Å². The number of fused-ring (bicyclic) bond motifs is 12. The Bertz CT molecular complexity index is 5070. The Hall–Kier alpha value is -9.38. The Kier molecular flexibility index (Phi) is 24.4. The van der Waals surface area contributed by atoms with Gasteiger partial charge in [0.2, 0.25) is 23.4 Å². The smallest absolute Gasteiger partial charge is 0.262 e. The third-order valence-electron chi connectivity index (χ3n) is 29.6. The predicted molar refractivity (Wildman–Crippen MR) is 475 cm³/mol. The van der Waals surface area contributed by atoms with Crippen molar-refractivity contribution >= 4 is 35.7 Å². The first-order valence-corrected chi connectivity index (χ1v) is 44.9. The number of guanidine groups is 4. The number of carbonyl (C=O) groups excluding carboxylic acids is 2. The zero-order valence-electron chi connectivity index (χ0n) is 73.9. The Morgan fingerprint density at radius 2 is 0.918 bits per heavy atom. The summed E-state index contributed by atoms with van der Waals surface area (Å²) >= 11 is 0. The molecule has 8 N–H and O–H groups in total. The van der Waals surface area contributed by atoms with E-state index in [0.29, 0.717) is 55.1 Å². The summed E-state index contributed by atoms with van der Waals surface area (Å²) in [4.78, 5) is 64.3. The highest BCUT2D eigenvalue weighted by Gasteiger charge is 2.70. The number of hydrogen-bond acceptors (Lipinski definition) is 21. The van der Waals surface area contributed by atoms with Gasteiger partial charge in [-0.15, -0.1) is 0 Å². The molecule has 5 saturated carbocycles. The molecule has 4 aliphatic heterocycles. The number of aryl methyl sites for hydroxylation is 1. The molecule has 3 unspecified atom stereocenters. The molecule has 0 bridgehead atoms. The van der Waals surface area contributed by atoms with Crippen LogP contribution in [0.1, 0.15) is 219 Å². The number of nitrogens with zero attached hydrogens (tertiary/aromatic N) is 8. The lowest BCUT2D eigenvalue weighted by molar-refractivity contribution is -0.232. The number of hydroxylamine groups is 4. The second kappa shape index (κ2) is 34.6. The first-order chi connectivity index (χ1) is 58.9. The fourth-order valence-corrected chi connectivity index (χ4v) is 23.0. The van der Waals surface area contributed by atoms with Crippen molar-refractivity contribution in [3.8, 4) is 45.6 Å². The molecule has 0 radical (unpaired) electrons. The summed E-state index contributed by atoms with van der Waals surface area (Å²) in [7, 11) is 12.3. The predicted octanol–water partition coefficient (Wildman–Crippen LogP) is 15.0. The molecule has 122 heavy (non-hydrogen) atoms. The van der Waals surface area contributed by atoms with Gasteiger partial charge in [-0.1, -0.05) is 105 Å². The van der Waals surface area contributed by atoms with Crippen LogP contribution in [0.25, 0.3) is 22.3 Å². The van der Waals surface area contributed by atoms with Crippen LogP contribution in [-0.2, 0) is 97.6 Å². The van der Waals surface area contributed by atoms with Gasteiger partial charge in [0.05, 0.1) is 51.8 Å². The van der Waals surface area contributed by atoms with Gasteiger partial charge in [-0.2, -0.15) is 0 Å². The van der Waals surface area contributed by atoms with Crippen LogP contribution in [-0.4, -0.2) is 162 Å². The Labute approximate surface area is 721 Å². The fraction of sp³-hybridized carbons (Fsp3) is 0.556. The van der Waals surface area contributed by atoms with Crippen LogP contribution in [0.3, 0.4) is 0 Å². The monoisotopic (exact) mass is 1660 g/mol. The van der Waals surface area contributed by atoms with Crippen molar-refractivity contribution < 1.29 is 52.4 Å². The standard InChI is InChI=1S/C26H33N3O3.2C25H31N3O3.C23H33N3O2/c1-4-14-31-21-10-12-25(13-11-21)17-20-9-8-19(18-6-5-7-22(15-18)30-3)16-23(20)26(25)28-24(27)29(2)32-26;1-30-14-13-28-22(29)25(27-23(28)26)21-15-18(6-5-17-3-4-17)7-8-19(21)16-24(25)11-9-20(31-2)10-12-24;1-4-30-20-10-12-24(13-11-20)16-19-9-8-18(17-6-5-7-21(14-17)29-3)15-22(19)25(24)27-23(26)28(2)31-25;1-5-6-16-7-8-17-14-22(11-9-18(28-4)10-12-22)23(19(17)13-16)20(27)26(15(2)3)21(24)25-23/h5-9,15-16,21H,4,10-14,17H2,1-3H3,(H2,27,28);7-8,15,17,20H,3-4,9-14,16H2,1-2H3,(H2,26,27);5-9,14-15,20H,4,10-13,16H2,1-3H3,(H2,26,27);7-8,13,15,18H,5-6,9-12,14H2,1-4H3,(H2,24,25)/t;20?,24?,25-;;/m.0../s1. The minimum atomic E-state index is -0.962. The normalized spacial score (nSPS) is 30.4. The van der Waals surface area contributed by atoms with Gasteiger partial charge in [-0.3, -0.25) is 19.4 Å². The highest BCUT2D eigenvalue weighted by molar-refractivity contribution is 6.09. The molecular formula is C99H128N12O11. The molecular weight excluding hydrogens is 1530 g/mol. The molecule has 0 saturated heterocycles. The van der Waals surface area contributed by atoms with E-state index in [4.69, 9.17) is 85.7 Å². The van der Waals surface area contributed by atoms with Crippen LogP contribution in [0.15, 0.2) is 141 Å². The van der Waals surface area contributed by atoms with E-state index < -0.39 is 22.5 Å². The largest absolute Gasteiger partial charge is 0.497 e. The van der Waals surface area contributed by atoms with Crippen molar-refractivity contribution in [3.05, 3.63) is 177 Å². The van der Waals surface area contributed by atoms with Gasteiger partial charge in [0.1, 0.15) is 11.5 Å². The average molecular weight is 1660 g/mol. The van der Waals surface area contributed by atoms with E-state index in [2.05, 4.69) is 130 Å². The zero-order chi connectivity index (χ0) is 85.7. The van der Waals surface area contributed by atoms with Crippen molar-refractivity contribution in [2.24, 2.45) is 70.5 Å². The van der Waals surface area contributed by atoms with Gasteiger partial charge in [0, 0.05) is 98.9 Å². The van der Waals surface area contributed by atoms with Crippen molar-refractivity contribution in [1.29, 1.82) is 0 Å². The topological polar surface area (TPSA) is 284 Å². The van der Waals surface area contributed by atoms with Crippen LogP contribution < -0.4 is 32.4 Å². The zero-order valence-corrected chi connectivity index (χ0v) is 73.9. The summed E-state index contributed by atoms with van der Waals surface area (Å²) in [5.74, 6) is 10.5. The van der Waals surface area contributed by atoms with E-state index in [1.807, 2.05) is 52.2 Å². The summed E-state index contributed by atoms with van der Waals surface area (Å²) < 4.78 is 39.4. The summed E-state index contributed by atoms with van der Waals surface area (Å²) in [6, 6.07) is 42.7. The number of aliphatic imine (C=N–C) groups is 4. The first kappa shape index (κ1) is 86.2. The Balaban J connectivity index is 0.000000121. The fourth-order valence-electron chi connectivity index (χ4n) is 23.0. The Morgan fingerprint density at radius 1 is 0.467 bits per heavy atom. The first-order valence-electron chi connectivity index (χ1n) is 44.9. The van der Waals surface area contributed by atoms with Gasteiger partial charge in [-0.05, 0) is 285 Å². The summed E-state index contributed by atoms with van der Waals surface area (Å²) in [6.45, 7) is 12.9. The lowest BCUT2D eigenvalue weighted by Gasteiger charge is -2.45. The van der Waals surface area contributed by atoms with Gasteiger partial charge >= 0.3 is 0 Å². The maximum Gasteiger partial charge on any atom is 0.262 e. The molecule has 13 aliphatic rings. The highest BCUT2D eigenvalue weighted by atomic mass is 16.7. The number of benzene rings is 6. The second-order valence-electron chi connectivity index (χ2n) is 36.8. The van der Waals surface area contributed by atoms with E-state index >= 15 is 0 Å². The van der Waals surface area contributed by atoms with Crippen molar-refractivity contribution in [2.45, 2.75) is 248 Å². The van der Waals surface area contributed by atoms with Crippen molar-refractivity contribution in [3.63, 3.8) is 0 Å².